The Morgan fingerprint density at radius 2 is 1.75 bits per heavy atom. The van der Waals surface area contributed by atoms with Crippen molar-refractivity contribution in [3.8, 4) is 0 Å². The topological polar surface area (TPSA) is 15.3 Å². The maximum atomic E-state index is 3.88. The molecule has 1 saturated carbocycles. The van der Waals surface area contributed by atoms with Crippen LogP contribution < -0.4 is 5.32 Å². The van der Waals surface area contributed by atoms with Gasteiger partial charge >= 0.3 is 0 Å². The van der Waals surface area contributed by atoms with Gasteiger partial charge in [-0.25, -0.2) is 0 Å². The van der Waals surface area contributed by atoms with Crippen LogP contribution in [0, 0.1) is 5.92 Å². The minimum Gasteiger partial charge on any atom is -0.310 e. The van der Waals surface area contributed by atoms with Gasteiger partial charge in [0.05, 0.1) is 0 Å². The van der Waals surface area contributed by atoms with Gasteiger partial charge < -0.3 is 10.2 Å². The van der Waals surface area contributed by atoms with Crippen molar-refractivity contribution >= 4 is 0 Å². The summed E-state index contributed by atoms with van der Waals surface area (Å²) < 4.78 is 0. The predicted octanol–water partition coefficient (Wildman–Crippen LogP) is 2.64. The van der Waals surface area contributed by atoms with Gasteiger partial charge in [-0.2, -0.15) is 0 Å². The van der Waals surface area contributed by atoms with Crippen LogP contribution in [0.3, 0.4) is 0 Å². The zero-order chi connectivity index (χ0) is 11.4. The summed E-state index contributed by atoms with van der Waals surface area (Å²) in [6.07, 6.45) is 8.50. The molecule has 2 nitrogen and oxygen atoms in total. The molecule has 1 saturated heterocycles. The van der Waals surface area contributed by atoms with Gasteiger partial charge in [-0.15, -0.1) is 0 Å². The van der Waals surface area contributed by atoms with Crippen molar-refractivity contribution in [2.75, 3.05) is 19.6 Å². The fraction of sp³-hybridized carbons (Fsp3) is 1.00. The van der Waals surface area contributed by atoms with Gasteiger partial charge in [-0.1, -0.05) is 26.7 Å². The fourth-order valence-electron chi connectivity index (χ4n) is 3.30. The Balaban J connectivity index is 1.72. The smallest absolute Gasteiger partial charge is 0.0198 e. The Bertz CT molecular complexity index is 197. The van der Waals surface area contributed by atoms with E-state index in [1.54, 1.807) is 0 Å². The van der Waals surface area contributed by atoms with Crippen molar-refractivity contribution in [2.24, 2.45) is 5.92 Å². The quantitative estimate of drug-likeness (QED) is 0.790. The molecule has 2 fully saturated rings. The molecule has 0 radical (unpaired) electrons. The second-order valence-electron chi connectivity index (χ2n) is 6.14. The molecule has 2 rings (SSSR count). The summed E-state index contributed by atoms with van der Waals surface area (Å²) in [5.74, 6) is 0.810. The number of likely N-dealkylation sites (tertiary alicyclic amines) is 1. The molecule has 2 aliphatic rings. The summed E-state index contributed by atoms with van der Waals surface area (Å²) in [5, 5.41) is 3.88. The zero-order valence-electron chi connectivity index (χ0n) is 11.0. The summed E-state index contributed by atoms with van der Waals surface area (Å²) in [4.78, 5) is 2.65. The second kappa shape index (κ2) is 6.02. The standard InChI is InChI=1S/C14H28N2/c1-12(2)10-16-9-5-8-14(11-16)15-13-6-3-4-7-13/h12-15H,3-11H2,1-2H3. The number of hydrogen-bond acceptors (Lipinski definition) is 2. The first kappa shape index (κ1) is 12.4. The Labute approximate surface area is 101 Å². The first-order valence-corrected chi connectivity index (χ1v) is 7.22. The maximum Gasteiger partial charge on any atom is 0.0198 e. The highest BCUT2D eigenvalue weighted by Crippen LogP contribution is 2.20. The molecule has 1 aliphatic carbocycles. The fourth-order valence-corrected chi connectivity index (χ4v) is 3.30. The molecular weight excluding hydrogens is 196 g/mol. The summed E-state index contributed by atoms with van der Waals surface area (Å²) >= 11 is 0. The van der Waals surface area contributed by atoms with Gasteiger partial charge in [0.2, 0.25) is 0 Å². The van der Waals surface area contributed by atoms with Crippen molar-refractivity contribution in [1.29, 1.82) is 0 Å². The molecule has 0 spiro atoms. The van der Waals surface area contributed by atoms with E-state index in [2.05, 4.69) is 24.1 Å². The van der Waals surface area contributed by atoms with E-state index in [9.17, 15) is 0 Å². The molecule has 0 amide bonds. The molecule has 94 valence electrons. The molecule has 16 heavy (non-hydrogen) atoms. The predicted molar refractivity (Wildman–Crippen MR) is 69.7 cm³/mol. The zero-order valence-corrected chi connectivity index (χ0v) is 11.0. The summed E-state index contributed by atoms with van der Waals surface area (Å²) in [6, 6.07) is 1.61. The van der Waals surface area contributed by atoms with Crippen LogP contribution in [-0.2, 0) is 0 Å². The Hall–Kier alpha value is -0.0800. The number of rotatable bonds is 4. The SMILES string of the molecule is CC(C)CN1CCCC(NC2CCCC2)C1. The van der Waals surface area contributed by atoms with E-state index in [1.807, 2.05) is 0 Å². The van der Waals surface area contributed by atoms with E-state index in [0.717, 1.165) is 18.0 Å². The molecule has 0 aromatic carbocycles. The van der Waals surface area contributed by atoms with Crippen molar-refractivity contribution in [1.82, 2.24) is 10.2 Å². The molecule has 1 unspecified atom stereocenters. The van der Waals surface area contributed by atoms with Gasteiger partial charge in [-0.05, 0) is 38.1 Å². The minimum atomic E-state index is 0.774. The van der Waals surface area contributed by atoms with E-state index >= 15 is 0 Å². The van der Waals surface area contributed by atoms with Crippen LogP contribution in [0.25, 0.3) is 0 Å². The van der Waals surface area contributed by atoms with Crippen LogP contribution in [0.4, 0.5) is 0 Å². The van der Waals surface area contributed by atoms with Gasteiger partial charge in [-0.3, -0.25) is 0 Å². The van der Waals surface area contributed by atoms with E-state index < -0.39 is 0 Å². The van der Waals surface area contributed by atoms with Crippen LogP contribution in [-0.4, -0.2) is 36.6 Å². The van der Waals surface area contributed by atoms with E-state index in [1.165, 1.54) is 58.2 Å². The molecule has 2 heteroatoms. The number of nitrogens with one attached hydrogen (secondary N) is 1. The Morgan fingerprint density at radius 3 is 2.44 bits per heavy atom. The maximum absolute atomic E-state index is 3.88. The van der Waals surface area contributed by atoms with Crippen LogP contribution in [0.15, 0.2) is 0 Å². The first-order valence-electron chi connectivity index (χ1n) is 7.22. The number of piperidine rings is 1. The summed E-state index contributed by atoms with van der Waals surface area (Å²) in [5.41, 5.74) is 0. The average molecular weight is 224 g/mol. The monoisotopic (exact) mass is 224 g/mol. The lowest BCUT2D eigenvalue weighted by Crippen LogP contribution is -2.49. The van der Waals surface area contributed by atoms with Crippen molar-refractivity contribution in [3.05, 3.63) is 0 Å². The lowest BCUT2D eigenvalue weighted by molar-refractivity contribution is 0.167. The van der Waals surface area contributed by atoms with E-state index in [-0.39, 0.29) is 0 Å². The van der Waals surface area contributed by atoms with Crippen molar-refractivity contribution in [3.63, 3.8) is 0 Å². The number of hydrogen-bond donors (Lipinski definition) is 1. The van der Waals surface area contributed by atoms with Gasteiger partial charge in [0.1, 0.15) is 0 Å². The summed E-state index contributed by atoms with van der Waals surface area (Å²) in [7, 11) is 0. The van der Waals surface area contributed by atoms with Gasteiger partial charge in [0.15, 0.2) is 0 Å². The highest BCUT2D eigenvalue weighted by Gasteiger charge is 2.23. The molecule has 1 atom stereocenters. The molecule has 1 aliphatic heterocycles. The van der Waals surface area contributed by atoms with Crippen LogP contribution in [0.5, 0.6) is 0 Å². The average Bonchev–Trinajstić information content (AvgIpc) is 2.70. The Kier molecular flexibility index (Phi) is 4.66. The van der Waals surface area contributed by atoms with Crippen molar-refractivity contribution in [2.45, 2.75) is 64.5 Å². The van der Waals surface area contributed by atoms with Crippen LogP contribution in [0.1, 0.15) is 52.4 Å². The molecule has 1 N–H and O–H groups in total. The molecule has 0 aromatic rings. The molecule has 0 bridgehead atoms. The van der Waals surface area contributed by atoms with E-state index in [4.69, 9.17) is 0 Å². The largest absolute Gasteiger partial charge is 0.310 e. The lowest BCUT2D eigenvalue weighted by atomic mass is 10.0. The molecular formula is C14H28N2. The summed E-state index contributed by atoms with van der Waals surface area (Å²) in [6.45, 7) is 8.54. The van der Waals surface area contributed by atoms with Gasteiger partial charge in [0.25, 0.3) is 0 Å². The Morgan fingerprint density at radius 1 is 1.06 bits per heavy atom. The lowest BCUT2D eigenvalue weighted by Gasteiger charge is -2.35. The third kappa shape index (κ3) is 3.74. The normalized spacial score (nSPS) is 29.1. The van der Waals surface area contributed by atoms with Crippen LogP contribution in [0.2, 0.25) is 0 Å². The second-order valence-corrected chi connectivity index (χ2v) is 6.14. The van der Waals surface area contributed by atoms with Gasteiger partial charge in [0, 0.05) is 25.2 Å². The number of nitrogens with zero attached hydrogens (tertiary/aromatic N) is 1. The van der Waals surface area contributed by atoms with Crippen LogP contribution >= 0.6 is 0 Å². The highest BCUT2D eigenvalue weighted by molar-refractivity contribution is 4.83. The first-order chi connectivity index (χ1) is 7.74. The molecule has 1 heterocycles. The molecule has 0 aromatic heterocycles. The minimum absolute atomic E-state index is 0.774. The third-order valence-electron chi connectivity index (χ3n) is 3.96. The van der Waals surface area contributed by atoms with E-state index in [0.29, 0.717) is 0 Å². The van der Waals surface area contributed by atoms with Crippen molar-refractivity contribution < 1.29 is 0 Å². The highest BCUT2D eigenvalue weighted by atomic mass is 15.2. The third-order valence-corrected chi connectivity index (χ3v) is 3.96.